The van der Waals surface area contributed by atoms with Gasteiger partial charge in [0.2, 0.25) is 0 Å². The van der Waals surface area contributed by atoms with Crippen molar-refractivity contribution in [2.75, 3.05) is 13.2 Å². The van der Waals surface area contributed by atoms with Crippen molar-refractivity contribution >= 4 is 0 Å². The van der Waals surface area contributed by atoms with Gasteiger partial charge in [-0.15, -0.1) is 13.2 Å². The zero-order chi connectivity index (χ0) is 28.9. The van der Waals surface area contributed by atoms with Gasteiger partial charge in [0.1, 0.15) is 23.1 Å². The summed E-state index contributed by atoms with van der Waals surface area (Å²) in [6, 6.07) is 6.02. The molecule has 0 bridgehead atoms. The minimum absolute atomic E-state index is 0.0585. The standard InChI is InChI=1S/C29H31F7O4/c1-2-3-4-5-18-16-37-27(38-17-18)20-14-24(30)26(25(31)15-20)19-6-8-21(9-7-19)28(32,33)39-22-10-12-23(13-11-22)40-29(34,35)36/h2-3,10-15,18-19,21,27H,4-9,16-17H2,1H3/b3-2+. The van der Waals surface area contributed by atoms with E-state index in [-0.39, 0.29) is 48.5 Å². The molecule has 1 aliphatic carbocycles. The molecule has 1 heterocycles. The van der Waals surface area contributed by atoms with Gasteiger partial charge in [0.15, 0.2) is 6.29 Å². The molecule has 0 radical (unpaired) electrons. The topological polar surface area (TPSA) is 36.9 Å². The second kappa shape index (κ2) is 12.8. The second-order valence-corrected chi connectivity index (χ2v) is 10.1. The number of hydrogen-bond acceptors (Lipinski definition) is 4. The molecule has 2 aliphatic rings. The number of hydrogen-bond donors (Lipinski definition) is 0. The summed E-state index contributed by atoms with van der Waals surface area (Å²) >= 11 is 0. The Bertz CT molecular complexity index is 1110. The van der Waals surface area contributed by atoms with Crippen LogP contribution < -0.4 is 9.47 Å². The predicted molar refractivity (Wildman–Crippen MR) is 132 cm³/mol. The van der Waals surface area contributed by atoms with E-state index in [1.807, 2.05) is 13.0 Å². The molecule has 1 aliphatic heterocycles. The van der Waals surface area contributed by atoms with E-state index in [4.69, 9.17) is 14.2 Å². The van der Waals surface area contributed by atoms with Crippen LogP contribution in [0.3, 0.4) is 0 Å². The van der Waals surface area contributed by atoms with Gasteiger partial charge < -0.3 is 18.9 Å². The average molecular weight is 577 g/mol. The van der Waals surface area contributed by atoms with Gasteiger partial charge >= 0.3 is 12.5 Å². The molecular weight excluding hydrogens is 545 g/mol. The summed E-state index contributed by atoms with van der Waals surface area (Å²) in [5, 5.41) is 0. The van der Waals surface area contributed by atoms with Gasteiger partial charge in [-0.25, -0.2) is 8.78 Å². The first kappa shape index (κ1) is 30.2. The second-order valence-electron chi connectivity index (χ2n) is 10.1. The molecule has 220 valence electrons. The summed E-state index contributed by atoms with van der Waals surface area (Å²) in [6.07, 6.45) is -3.51. The summed E-state index contributed by atoms with van der Waals surface area (Å²) in [6.45, 7) is 2.77. The van der Waals surface area contributed by atoms with E-state index in [1.165, 1.54) is 12.1 Å². The van der Waals surface area contributed by atoms with Crippen LogP contribution in [0.4, 0.5) is 30.7 Å². The van der Waals surface area contributed by atoms with E-state index in [9.17, 15) is 22.0 Å². The van der Waals surface area contributed by atoms with Crippen LogP contribution in [0.15, 0.2) is 48.6 Å². The van der Waals surface area contributed by atoms with E-state index in [0.29, 0.717) is 13.2 Å². The average Bonchev–Trinajstić information content (AvgIpc) is 2.89. The number of allylic oxidation sites excluding steroid dienone is 2. The first-order chi connectivity index (χ1) is 18.9. The highest BCUT2D eigenvalue weighted by atomic mass is 19.4. The van der Waals surface area contributed by atoms with Crippen LogP contribution in [0.5, 0.6) is 11.5 Å². The van der Waals surface area contributed by atoms with Crippen LogP contribution in [-0.4, -0.2) is 25.7 Å². The molecule has 0 N–H and O–H groups in total. The molecule has 4 nitrogen and oxygen atoms in total. The summed E-state index contributed by atoms with van der Waals surface area (Å²) < 4.78 is 117. The summed E-state index contributed by atoms with van der Waals surface area (Å²) in [4.78, 5) is 0. The van der Waals surface area contributed by atoms with Gasteiger partial charge in [0.25, 0.3) is 0 Å². The van der Waals surface area contributed by atoms with Crippen molar-refractivity contribution in [1.29, 1.82) is 0 Å². The zero-order valence-electron chi connectivity index (χ0n) is 21.9. The van der Waals surface area contributed by atoms with Crippen molar-refractivity contribution < 1.29 is 49.7 Å². The summed E-state index contributed by atoms with van der Waals surface area (Å²) in [5.74, 6) is -4.07. The quantitative estimate of drug-likeness (QED) is 0.221. The Kier molecular flexibility index (Phi) is 9.66. The van der Waals surface area contributed by atoms with E-state index < -0.39 is 48.0 Å². The van der Waals surface area contributed by atoms with Crippen molar-refractivity contribution in [3.63, 3.8) is 0 Å². The number of halogens is 7. The van der Waals surface area contributed by atoms with Crippen molar-refractivity contribution in [1.82, 2.24) is 0 Å². The minimum atomic E-state index is -4.91. The number of alkyl halides is 5. The molecule has 0 aromatic heterocycles. The number of benzene rings is 2. The smallest absolute Gasteiger partial charge is 0.432 e. The van der Waals surface area contributed by atoms with Gasteiger partial charge in [-0.3, -0.25) is 0 Å². The van der Waals surface area contributed by atoms with Crippen LogP contribution >= 0.6 is 0 Å². The Hall–Kier alpha value is -2.79. The lowest BCUT2D eigenvalue weighted by Gasteiger charge is -2.34. The van der Waals surface area contributed by atoms with Crippen LogP contribution in [0.1, 0.15) is 68.8 Å². The molecule has 2 aromatic carbocycles. The van der Waals surface area contributed by atoms with E-state index in [0.717, 1.165) is 37.1 Å². The van der Waals surface area contributed by atoms with Gasteiger partial charge in [-0.05, 0) is 87.8 Å². The molecule has 0 spiro atoms. The molecule has 2 fully saturated rings. The molecule has 11 heteroatoms. The van der Waals surface area contributed by atoms with Crippen molar-refractivity contribution in [3.05, 3.63) is 71.3 Å². The minimum Gasteiger partial charge on any atom is -0.432 e. The van der Waals surface area contributed by atoms with Crippen LogP contribution in [0, 0.1) is 23.5 Å². The Balaban J connectivity index is 1.32. The lowest BCUT2D eigenvalue weighted by atomic mass is 9.77. The Labute approximate surface area is 228 Å². The third-order valence-electron chi connectivity index (χ3n) is 7.24. The van der Waals surface area contributed by atoms with Gasteiger partial charge in [0.05, 0.1) is 19.1 Å². The molecule has 40 heavy (non-hydrogen) atoms. The SMILES string of the molecule is C/C=C/CCC1COC(c2cc(F)c(C3CCC(C(F)(F)Oc4ccc(OC(F)(F)F)cc4)CC3)c(F)c2)OC1. The maximum absolute atomic E-state index is 15.1. The fraction of sp³-hybridized carbons (Fsp3) is 0.517. The fourth-order valence-corrected chi connectivity index (χ4v) is 5.20. The van der Waals surface area contributed by atoms with E-state index in [2.05, 4.69) is 10.8 Å². The monoisotopic (exact) mass is 576 g/mol. The third kappa shape index (κ3) is 7.90. The third-order valence-corrected chi connectivity index (χ3v) is 7.24. The van der Waals surface area contributed by atoms with Gasteiger partial charge in [-0.1, -0.05) is 12.2 Å². The van der Waals surface area contributed by atoms with Crippen molar-refractivity contribution in [2.45, 2.75) is 70.1 Å². The summed E-state index contributed by atoms with van der Waals surface area (Å²) in [7, 11) is 0. The highest BCUT2D eigenvalue weighted by Crippen LogP contribution is 2.45. The van der Waals surface area contributed by atoms with Crippen LogP contribution in [0.25, 0.3) is 0 Å². The molecule has 4 rings (SSSR count). The van der Waals surface area contributed by atoms with E-state index >= 15 is 8.78 Å². The fourth-order valence-electron chi connectivity index (χ4n) is 5.20. The first-order valence-corrected chi connectivity index (χ1v) is 13.2. The van der Waals surface area contributed by atoms with Crippen LogP contribution in [0.2, 0.25) is 0 Å². The maximum Gasteiger partial charge on any atom is 0.573 e. The highest BCUT2D eigenvalue weighted by Gasteiger charge is 2.45. The normalized spacial score (nSPS) is 24.3. The maximum atomic E-state index is 15.1. The Morgan fingerprint density at radius 1 is 0.850 bits per heavy atom. The Morgan fingerprint density at radius 3 is 1.93 bits per heavy atom. The zero-order valence-corrected chi connectivity index (χ0v) is 21.9. The molecule has 0 atom stereocenters. The molecular formula is C29H31F7O4. The molecule has 1 saturated heterocycles. The highest BCUT2D eigenvalue weighted by molar-refractivity contribution is 5.32. The molecule has 2 aromatic rings. The van der Waals surface area contributed by atoms with Gasteiger partial charge in [0, 0.05) is 17.0 Å². The van der Waals surface area contributed by atoms with Crippen molar-refractivity contribution in [3.8, 4) is 11.5 Å². The van der Waals surface area contributed by atoms with Crippen molar-refractivity contribution in [2.24, 2.45) is 11.8 Å². The van der Waals surface area contributed by atoms with E-state index in [1.54, 1.807) is 0 Å². The summed E-state index contributed by atoms with van der Waals surface area (Å²) in [5.41, 5.74) is 0.0812. The lowest BCUT2D eigenvalue weighted by molar-refractivity contribution is -0.274. The molecule has 0 unspecified atom stereocenters. The number of rotatable bonds is 9. The number of ether oxygens (including phenoxy) is 4. The Morgan fingerprint density at radius 2 is 1.40 bits per heavy atom. The molecule has 0 amide bonds. The largest absolute Gasteiger partial charge is 0.573 e. The first-order valence-electron chi connectivity index (χ1n) is 13.2. The van der Waals surface area contributed by atoms with Gasteiger partial charge in [-0.2, -0.15) is 8.78 Å². The lowest BCUT2D eigenvalue weighted by Crippen LogP contribution is -2.37. The van der Waals surface area contributed by atoms with Crippen LogP contribution in [-0.2, 0) is 9.47 Å². The molecule has 1 saturated carbocycles. The predicted octanol–water partition coefficient (Wildman–Crippen LogP) is 8.83.